The van der Waals surface area contributed by atoms with Gasteiger partial charge < -0.3 is 18.9 Å². The van der Waals surface area contributed by atoms with Gasteiger partial charge in [0.15, 0.2) is 0 Å². The summed E-state index contributed by atoms with van der Waals surface area (Å²) in [7, 11) is 6.09. The number of β-lactam (4-membered cyclic amide) rings is 1. The minimum absolute atomic E-state index is 0.288. The van der Waals surface area contributed by atoms with Gasteiger partial charge in [0.25, 0.3) is 11.7 Å². The fourth-order valence-electron chi connectivity index (χ4n) is 3.03. The van der Waals surface area contributed by atoms with E-state index in [9.17, 15) is 4.79 Å². The zero-order valence-electron chi connectivity index (χ0n) is 15.7. The van der Waals surface area contributed by atoms with Crippen molar-refractivity contribution in [1.29, 1.82) is 0 Å². The van der Waals surface area contributed by atoms with Gasteiger partial charge in [-0.3, -0.25) is 14.7 Å². The van der Waals surface area contributed by atoms with E-state index in [2.05, 4.69) is 4.99 Å². The first-order chi connectivity index (χ1) is 13.1. The van der Waals surface area contributed by atoms with Gasteiger partial charge in [0.1, 0.15) is 17.5 Å². The SMILES string of the molecule is COc1ccc(N=CC2N(c3ccc(OC)cc3)C(=O)C2(OC)OC)cc1. The van der Waals surface area contributed by atoms with E-state index < -0.39 is 11.8 Å². The first-order valence-corrected chi connectivity index (χ1v) is 8.36. The van der Waals surface area contributed by atoms with E-state index >= 15 is 0 Å². The van der Waals surface area contributed by atoms with Crippen LogP contribution in [0.1, 0.15) is 0 Å². The highest BCUT2D eigenvalue weighted by atomic mass is 16.7. The Morgan fingerprint density at radius 1 is 0.889 bits per heavy atom. The molecule has 0 N–H and O–H groups in total. The monoisotopic (exact) mass is 370 g/mol. The molecule has 1 unspecified atom stereocenters. The van der Waals surface area contributed by atoms with E-state index in [4.69, 9.17) is 18.9 Å². The number of rotatable bonds is 7. The molecule has 1 aliphatic rings. The van der Waals surface area contributed by atoms with Crippen molar-refractivity contribution >= 4 is 23.5 Å². The highest BCUT2D eigenvalue weighted by molar-refractivity contribution is 6.13. The molecule has 0 aromatic heterocycles. The first-order valence-electron chi connectivity index (χ1n) is 8.36. The quantitative estimate of drug-likeness (QED) is 0.426. The number of nitrogens with zero attached hydrogens (tertiary/aromatic N) is 2. The third-order valence-corrected chi connectivity index (χ3v) is 4.58. The van der Waals surface area contributed by atoms with Gasteiger partial charge in [-0.25, -0.2) is 0 Å². The Bertz CT molecular complexity index is 813. The van der Waals surface area contributed by atoms with Gasteiger partial charge in [-0.05, 0) is 48.5 Å². The molecule has 1 aliphatic heterocycles. The lowest BCUT2D eigenvalue weighted by Gasteiger charge is -2.51. The number of benzene rings is 2. The number of anilines is 1. The molecule has 1 fully saturated rings. The summed E-state index contributed by atoms with van der Waals surface area (Å²) in [5.74, 6) is -0.227. The summed E-state index contributed by atoms with van der Waals surface area (Å²) in [6, 6.07) is 14.0. The van der Waals surface area contributed by atoms with Crippen LogP contribution in [0.4, 0.5) is 11.4 Å². The van der Waals surface area contributed by atoms with Crippen LogP contribution in [0.3, 0.4) is 0 Å². The van der Waals surface area contributed by atoms with Gasteiger partial charge in [-0.15, -0.1) is 0 Å². The van der Waals surface area contributed by atoms with E-state index in [0.29, 0.717) is 11.4 Å². The van der Waals surface area contributed by atoms with Crippen LogP contribution >= 0.6 is 0 Å². The Hall–Kier alpha value is -2.90. The van der Waals surface area contributed by atoms with Crippen LogP contribution in [0.2, 0.25) is 0 Å². The van der Waals surface area contributed by atoms with Crippen molar-refractivity contribution in [2.24, 2.45) is 4.99 Å². The largest absolute Gasteiger partial charge is 0.497 e. The van der Waals surface area contributed by atoms with Crippen LogP contribution in [0.25, 0.3) is 0 Å². The van der Waals surface area contributed by atoms with Crippen molar-refractivity contribution in [1.82, 2.24) is 0 Å². The molecule has 0 bridgehead atoms. The second kappa shape index (κ2) is 7.77. The predicted octanol–water partition coefficient (Wildman–Crippen LogP) is 2.81. The second-order valence-electron chi connectivity index (χ2n) is 5.87. The molecule has 1 atom stereocenters. The normalized spacial score (nSPS) is 18.4. The number of hydrogen-bond donors (Lipinski definition) is 0. The van der Waals surface area contributed by atoms with E-state index in [1.54, 1.807) is 49.6 Å². The molecule has 142 valence electrons. The van der Waals surface area contributed by atoms with Crippen molar-refractivity contribution in [3.63, 3.8) is 0 Å². The van der Waals surface area contributed by atoms with Gasteiger partial charge >= 0.3 is 0 Å². The molecule has 0 radical (unpaired) electrons. The van der Waals surface area contributed by atoms with E-state index in [-0.39, 0.29) is 5.91 Å². The van der Waals surface area contributed by atoms with Gasteiger partial charge in [0.2, 0.25) is 0 Å². The van der Waals surface area contributed by atoms with Crippen LogP contribution < -0.4 is 14.4 Å². The average molecular weight is 370 g/mol. The smallest absolute Gasteiger partial charge is 0.290 e. The third kappa shape index (κ3) is 3.27. The molecule has 0 spiro atoms. The van der Waals surface area contributed by atoms with Crippen LogP contribution in [-0.2, 0) is 14.3 Å². The topological polar surface area (TPSA) is 69.6 Å². The summed E-state index contributed by atoms with van der Waals surface area (Å²) >= 11 is 0. The molecular formula is C20H22N2O5. The summed E-state index contributed by atoms with van der Waals surface area (Å²) in [5, 5.41) is 0. The number of amides is 1. The number of carbonyl (C=O) groups is 1. The Balaban J connectivity index is 1.90. The van der Waals surface area contributed by atoms with Crippen LogP contribution in [0.15, 0.2) is 53.5 Å². The van der Waals surface area contributed by atoms with Crippen LogP contribution in [-0.4, -0.2) is 52.4 Å². The minimum Gasteiger partial charge on any atom is -0.497 e. The summed E-state index contributed by atoms with van der Waals surface area (Å²) in [6.45, 7) is 0. The Morgan fingerprint density at radius 3 is 1.89 bits per heavy atom. The molecule has 7 heteroatoms. The fourth-order valence-corrected chi connectivity index (χ4v) is 3.03. The van der Waals surface area contributed by atoms with Crippen molar-refractivity contribution in [2.75, 3.05) is 33.3 Å². The molecule has 2 aromatic rings. The van der Waals surface area contributed by atoms with Gasteiger partial charge in [-0.1, -0.05) is 0 Å². The molecule has 0 saturated carbocycles. The van der Waals surface area contributed by atoms with Gasteiger partial charge in [-0.2, -0.15) is 0 Å². The van der Waals surface area contributed by atoms with Crippen molar-refractivity contribution < 1.29 is 23.7 Å². The van der Waals surface area contributed by atoms with E-state index in [0.717, 1.165) is 11.4 Å². The van der Waals surface area contributed by atoms with Crippen molar-refractivity contribution in [3.05, 3.63) is 48.5 Å². The standard InChI is InChI=1S/C20H22N2O5/c1-24-16-9-5-14(6-10-16)21-13-18-20(26-3,27-4)19(23)22(18)15-7-11-17(25-2)12-8-15/h5-13,18H,1-4H3. The summed E-state index contributed by atoms with van der Waals surface area (Å²) in [4.78, 5) is 18.8. The lowest BCUT2D eigenvalue weighted by atomic mass is 9.92. The molecule has 1 saturated heterocycles. The zero-order chi connectivity index (χ0) is 19.4. The Labute approximate surface area is 158 Å². The minimum atomic E-state index is -1.39. The molecule has 1 heterocycles. The molecule has 1 amide bonds. The number of hydrogen-bond acceptors (Lipinski definition) is 6. The summed E-state index contributed by atoms with van der Waals surface area (Å²) in [5.41, 5.74) is 1.43. The zero-order valence-corrected chi connectivity index (χ0v) is 15.7. The van der Waals surface area contributed by atoms with E-state index in [1.807, 2.05) is 24.3 Å². The van der Waals surface area contributed by atoms with Gasteiger partial charge in [0, 0.05) is 26.1 Å². The predicted molar refractivity (Wildman–Crippen MR) is 102 cm³/mol. The maximum absolute atomic E-state index is 12.8. The molecule has 3 rings (SSSR count). The molecule has 0 aliphatic carbocycles. The van der Waals surface area contributed by atoms with Crippen molar-refractivity contribution in [2.45, 2.75) is 11.8 Å². The lowest BCUT2D eigenvalue weighted by Crippen LogP contribution is -2.76. The number of aliphatic imine (C=N–C) groups is 1. The molecule has 2 aromatic carbocycles. The average Bonchev–Trinajstić information content (AvgIpc) is 2.73. The number of methoxy groups -OCH3 is 4. The summed E-state index contributed by atoms with van der Waals surface area (Å²) < 4.78 is 21.2. The summed E-state index contributed by atoms with van der Waals surface area (Å²) in [6.07, 6.45) is 1.65. The molecule has 7 nitrogen and oxygen atoms in total. The highest BCUT2D eigenvalue weighted by Gasteiger charge is 2.63. The maximum Gasteiger partial charge on any atom is 0.290 e. The Morgan fingerprint density at radius 2 is 1.41 bits per heavy atom. The number of carbonyl (C=O) groups excluding carboxylic acids is 1. The van der Waals surface area contributed by atoms with Gasteiger partial charge in [0.05, 0.1) is 19.9 Å². The third-order valence-electron chi connectivity index (χ3n) is 4.58. The lowest BCUT2D eigenvalue weighted by molar-refractivity contribution is -0.228. The maximum atomic E-state index is 12.8. The second-order valence-corrected chi connectivity index (χ2v) is 5.87. The van der Waals surface area contributed by atoms with Crippen LogP contribution in [0, 0.1) is 0 Å². The van der Waals surface area contributed by atoms with Crippen molar-refractivity contribution in [3.8, 4) is 11.5 Å². The Kier molecular flexibility index (Phi) is 5.43. The fraction of sp³-hybridized carbons (Fsp3) is 0.300. The molecular weight excluding hydrogens is 348 g/mol. The number of ether oxygens (including phenoxy) is 4. The van der Waals surface area contributed by atoms with Crippen LogP contribution in [0.5, 0.6) is 11.5 Å². The van der Waals surface area contributed by atoms with E-state index in [1.165, 1.54) is 14.2 Å². The molecule has 27 heavy (non-hydrogen) atoms. The highest BCUT2D eigenvalue weighted by Crippen LogP contribution is 2.38. The first kappa shape index (κ1) is 18.9.